The lowest BCUT2D eigenvalue weighted by atomic mass is 10.2. The SMILES string of the molecule is CC(C)N(C)c1ncc(F)cc1CCl. The standard InChI is InChI=1S/C10H14ClFN2/c1-7(2)14(3)10-8(5-11)4-9(12)6-13-10/h4,6-7H,5H2,1-3H3. The summed E-state index contributed by atoms with van der Waals surface area (Å²) in [6, 6.07) is 1.74. The first-order chi connectivity index (χ1) is 6.56. The van der Waals surface area contributed by atoms with Crippen LogP contribution in [0.1, 0.15) is 19.4 Å². The van der Waals surface area contributed by atoms with Gasteiger partial charge in [-0.15, -0.1) is 11.6 Å². The highest BCUT2D eigenvalue weighted by Gasteiger charge is 2.11. The number of aromatic nitrogens is 1. The smallest absolute Gasteiger partial charge is 0.141 e. The maximum atomic E-state index is 12.9. The van der Waals surface area contributed by atoms with Crippen LogP contribution >= 0.6 is 11.6 Å². The van der Waals surface area contributed by atoms with Crippen LogP contribution in [0, 0.1) is 5.82 Å². The van der Waals surface area contributed by atoms with E-state index in [0.29, 0.717) is 6.04 Å². The lowest BCUT2D eigenvalue weighted by Gasteiger charge is -2.24. The minimum Gasteiger partial charge on any atom is -0.357 e. The fourth-order valence-electron chi connectivity index (χ4n) is 1.13. The molecule has 4 heteroatoms. The Labute approximate surface area is 88.7 Å². The maximum absolute atomic E-state index is 12.9. The van der Waals surface area contributed by atoms with Gasteiger partial charge in [-0.25, -0.2) is 9.37 Å². The average molecular weight is 217 g/mol. The van der Waals surface area contributed by atoms with Gasteiger partial charge in [0.2, 0.25) is 0 Å². The zero-order valence-corrected chi connectivity index (χ0v) is 9.35. The molecule has 0 radical (unpaired) electrons. The number of hydrogen-bond donors (Lipinski definition) is 0. The number of nitrogens with zero attached hydrogens (tertiary/aromatic N) is 2. The van der Waals surface area contributed by atoms with Crippen molar-refractivity contribution < 1.29 is 4.39 Å². The van der Waals surface area contributed by atoms with Crippen LogP contribution in [0.3, 0.4) is 0 Å². The Morgan fingerprint density at radius 2 is 2.21 bits per heavy atom. The number of hydrogen-bond acceptors (Lipinski definition) is 2. The van der Waals surface area contributed by atoms with Gasteiger partial charge in [-0.1, -0.05) is 0 Å². The van der Waals surface area contributed by atoms with Crippen LogP contribution in [0.5, 0.6) is 0 Å². The van der Waals surface area contributed by atoms with E-state index in [4.69, 9.17) is 11.6 Å². The summed E-state index contributed by atoms with van der Waals surface area (Å²) in [5.41, 5.74) is 0.725. The molecule has 0 saturated heterocycles. The molecule has 1 rings (SSSR count). The van der Waals surface area contributed by atoms with Crippen molar-refractivity contribution in [3.05, 3.63) is 23.6 Å². The second-order valence-corrected chi connectivity index (χ2v) is 3.74. The lowest BCUT2D eigenvalue weighted by Crippen LogP contribution is -2.27. The van der Waals surface area contributed by atoms with Gasteiger partial charge in [-0.05, 0) is 19.9 Å². The molecule has 0 aliphatic rings. The van der Waals surface area contributed by atoms with Crippen molar-refractivity contribution in [2.45, 2.75) is 25.8 Å². The molecule has 0 aromatic carbocycles. The molecule has 1 aromatic rings. The monoisotopic (exact) mass is 216 g/mol. The van der Waals surface area contributed by atoms with Crippen LogP contribution < -0.4 is 4.90 Å². The van der Waals surface area contributed by atoms with Gasteiger partial charge in [0.15, 0.2) is 0 Å². The minimum absolute atomic E-state index is 0.275. The molecular formula is C10H14ClFN2. The van der Waals surface area contributed by atoms with Gasteiger partial charge in [-0.3, -0.25) is 0 Å². The van der Waals surface area contributed by atoms with E-state index in [-0.39, 0.29) is 11.7 Å². The fourth-order valence-corrected chi connectivity index (χ4v) is 1.33. The quantitative estimate of drug-likeness (QED) is 0.723. The summed E-state index contributed by atoms with van der Waals surface area (Å²) in [4.78, 5) is 6.01. The van der Waals surface area contributed by atoms with Crippen molar-refractivity contribution >= 4 is 17.4 Å². The molecule has 0 atom stereocenters. The first-order valence-corrected chi connectivity index (χ1v) is 5.03. The molecule has 1 heterocycles. The normalized spacial score (nSPS) is 10.7. The third kappa shape index (κ3) is 2.35. The number of alkyl halides is 1. The maximum Gasteiger partial charge on any atom is 0.141 e. The van der Waals surface area contributed by atoms with Gasteiger partial charge in [0, 0.05) is 18.7 Å². The van der Waals surface area contributed by atoms with E-state index >= 15 is 0 Å². The highest BCUT2D eigenvalue weighted by atomic mass is 35.5. The van der Waals surface area contributed by atoms with Crippen molar-refractivity contribution in [2.24, 2.45) is 0 Å². The number of anilines is 1. The van der Waals surface area contributed by atoms with E-state index in [1.54, 1.807) is 0 Å². The molecule has 1 aromatic heterocycles. The third-order valence-corrected chi connectivity index (χ3v) is 2.45. The molecular weight excluding hydrogens is 203 g/mol. The molecule has 78 valence electrons. The molecule has 0 bridgehead atoms. The van der Waals surface area contributed by atoms with E-state index in [1.807, 2.05) is 25.8 Å². The largest absolute Gasteiger partial charge is 0.357 e. The summed E-state index contributed by atoms with van der Waals surface area (Å²) in [7, 11) is 1.92. The average Bonchev–Trinajstić information content (AvgIpc) is 2.16. The molecule has 0 aliphatic heterocycles. The topological polar surface area (TPSA) is 16.1 Å². The van der Waals surface area contributed by atoms with E-state index < -0.39 is 0 Å². The predicted molar refractivity (Wildman–Crippen MR) is 57.3 cm³/mol. The molecule has 14 heavy (non-hydrogen) atoms. The van der Waals surface area contributed by atoms with Crippen LogP contribution in [-0.2, 0) is 5.88 Å². The van der Waals surface area contributed by atoms with Gasteiger partial charge < -0.3 is 4.90 Å². The Morgan fingerprint density at radius 1 is 1.57 bits per heavy atom. The zero-order chi connectivity index (χ0) is 10.7. The van der Waals surface area contributed by atoms with Crippen molar-refractivity contribution in [2.75, 3.05) is 11.9 Å². The van der Waals surface area contributed by atoms with Gasteiger partial charge in [0.25, 0.3) is 0 Å². The van der Waals surface area contributed by atoms with Gasteiger partial charge in [-0.2, -0.15) is 0 Å². The van der Waals surface area contributed by atoms with Crippen LogP contribution in [0.4, 0.5) is 10.2 Å². The van der Waals surface area contributed by atoms with Crippen molar-refractivity contribution in [1.82, 2.24) is 4.98 Å². The van der Waals surface area contributed by atoms with Crippen LogP contribution in [0.25, 0.3) is 0 Å². The van der Waals surface area contributed by atoms with Crippen LogP contribution in [0.2, 0.25) is 0 Å². The van der Waals surface area contributed by atoms with Gasteiger partial charge in [0.1, 0.15) is 11.6 Å². The first-order valence-electron chi connectivity index (χ1n) is 4.49. The molecule has 0 fully saturated rings. The minimum atomic E-state index is -0.346. The van der Waals surface area contributed by atoms with E-state index in [9.17, 15) is 4.39 Å². The molecule has 0 spiro atoms. The summed E-state index contributed by atoms with van der Waals surface area (Å²) in [6.07, 6.45) is 1.21. The van der Waals surface area contributed by atoms with Crippen molar-refractivity contribution in [3.8, 4) is 0 Å². The summed E-state index contributed by atoms with van der Waals surface area (Å²) in [5, 5.41) is 0. The summed E-state index contributed by atoms with van der Waals surface area (Å²) < 4.78 is 12.9. The van der Waals surface area contributed by atoms with Gasteiger partial charge in [0.05, 0.1) is 12.1 Å². The van der Waals surface area contributed by atoms with Crippen molar-refractivity contribution in [3.63, 3.8) is 0 Å². The number of halogens is 2. The van der Waals surface area contributed by atoms with E-state index in [1.165, 1.54) is 12.3 Å². The molecule has 0 aliphatic carbocycles. The van der Waals surface area contributed by atoms with E-state index in [2.05, 4.69) is 4.98 Å². The number of rotatable bonds is 3. The molecule has 0 N–H and O–H groups in total. The Morgan fingerprint density at radius 3 is 2.71 bits per heavy atom. The molecule has 2 nitrogen and oxygen atoms in total. The highest BCUT2D eigenvalue weighted by Crippen LogP contribution is 2.20. The van der Waals surface area contributed by atoms with E-state index in [0.717, 1.165) is 11.4 Å². The highest BCUT2D eigenvalue weighted by molar-refractivity contribution is 6.17. The molecule has 0 unspecified atom stereocenters. The Kier molecular flexibility index (Phi) is 3.69. The molecule has 0 saturated carbocycles. The van der Waals surface area contributed by atoms with Gasteiger partial charge >= 0.3 is 0 Å². The predicted octanol–water partition coefficient (Wildman–Crippen LogP) is 2.80. The van der Waals surface area contributed by atoms with Crippen molar-refractivity contribution in [1.29, 1.82) is 0 Å². The number of pyridine rings is 1. The summed E-state index contributed by atoms with van der Waals surface area (Å²) in [6.45, 7) is 4.09. The molecule has 0 amide bonds. The summed E-state index contributed by atoms with van der Waals surface area (Å²) in [5.74, 6) is 0.676. The fraction of sp³-hybridized carbons (Fsp3) is 0.500. The second-order valence-electron chi connectivity index (χ2n) is 3.47. The lowest BCUT2D eigenvalue weighted by molar-refractivity contribution is 0.617. The Balaban J connectivity index is 3.07. The second kappa shape index (κ2) is 4.60. The third-order valence-electron chi connectivity index (χ3n) is 2.16. The Hall–Kier alpha value is -0.830. The first kappa shape index (κ1) is 11.2. The van der Waals surface area contributed by atoms with Crippen LogP contribution in [0.15, 0.2) is 12.3 Å². The van der Waals surface area contributed by atoms with Crippen LogP contribution in [-0.4, -0.2) is 18.1 Å². The zero-order valence-electron chi connectivity index (χ0n) is 8.59. The summed E-state index contributed by atoms with van der Waals surface area (Å²) >= 11 is 5.72. The Bertz CT molecular complexity index is 315.